The van der Waals surface area contributed by atoms with Crippen LogP contribution in [0.4, 0.5) is 0 Å². The van der Waals surface area contributed by atoms with Gasteiger partial charge in [0.15, 0.2) is 0 Å². The maximum atomic E-state index is 4.76. The third kappa shape index (κ3) is 14.2. The molecule has 7 rings (SSSR count). The van der Waals surface area contributed by atoms with Crippen molar-refractivity contribution in [2.24, 2.45) is 0 Å². The van der Waals surface area contributed by atoms with Crippen LogP contribution in [0, 0.1) is 0 Å². The summed E-state index contributed by atoms with van der Waals surface area (Å²) in [5.74, 6) is 0. The zero-order valence-electron chi connectivity index (χ0n) is 23.4. The fourth-order valence-corrected chi connectivity index (χ4v) is 5.15. The van der Waals surface area contributed by atoms with Gasteiger partial charge in [0, 0.05) is 0 Å². The monoisotopic (exact) mass is 870 g/mol. The van der Waals surface area contributed by atoms with Gasteiger partial charge in [-0.2, -0.15) is 108 Å². The average molecular weight is 873 g/mol. The summed E-state index contributed by atoms with van der Waals surface area (Å²) in [5.41, 5.74) is 7.36. The predicted octanol–water partition coefficient (Wildman–Crippen LogP) is 13.0. The Kier molecular flexibility index (Phi) is 24.7. The largest absolute Gasteiger partial charge is 2.00 e. The molecule has 0 spiro atoms. The molecule has 0 radical (unpaired) electrons. The molecule has 7 heteroatoms. The summed E-state index contributed by atoms with van der Waals surface area (Å²) in [6, 6.07) is 57.7. The van der Waals surface area contributed by atoms with Gasteiger partial charge in [0.25, 0.3) is 0 Å². The van der Waals surface area contributed by atoms with E-state index in [2.05, 4.69) is 111 Å². The molecule has 0 fully saturated rings. The van der Waals surface area contributed by atoms with Crippen molar-refractivity contribution in [3.8, 4) is 33.4 Å². The van der Waals surface area contributed by atoms with Crippen LogP contribution in [0.5, 0.6) is 0 Å². The van der Waals surface area contributed by atoms with Crippen LogP contribution in [0.2, 0.25) is 0 Å². The quantitative estimate of drug-likeness (QED) is 0.0943. The van der Waals surface area contributed by atoms with Crippen molar-refractivity contribution in [1.29, 1.82) is 0 Å². The van der Waals surface area contributed by atoms with Gasteiger partial charge < -0.3 is 0 Å². The molecule has 0 saturated carbocycles. The first-order valence-electron chi connectivity index (χ1n) is 13.0. The number of halogens is 4. The van der Waals surface area contributed by atoms with Crippen LogP contribution in [0.25, 0.3) is 33.4 Å². The number of rotatable bonds is 3. The molecule has 0 aliphatic rings. The minimum absolute atomic E-state index is 0. The minimum atomic E-state index is 0. The second kappa shape index (κ2) is 25.6. The van der Waals surface area contributed by atoms with Gasteiger partial charge in [0.2, 0.25) is 0 Å². The van der Waals surface area contributed by atoms with Gasteiger partial charge in [0.05, 0.1) is 5.34 Å². The zero-order valence-corrected chi connectivity index (χ0v) is 31.4. The van der Waals surface area contributed by atoms with E-state index in [1.165, 1.54) is 33.4 Å². The van der Waals surface area contributed by atoms with Crippen molar-refractivity contribution in [2.45, 2.75) is 0 Å². The van der Waals surface area contributed by atoms with E-state index in [4.69, 9.17) is 23.2 Å². The molecule has 0 amide bonds. The third-order valence-corrected chi connectivity index (χ3v) is 7.92. The van der Waals surface area contributed by atoms with Crippen LogP contribution in [0.1, 0.15) is 0 Å². The molecule has 0 aliphatic heterocycles. The standard InChI is InChI=1S/C21H13Br2.3C5H5.CH2Cl2.3Fe/c22-20-18(15-9-3-4-10-15)13-17(14-7-1-2-8-14)19(21(20)23)16-11-5-6-12-16;3*1-2-4-5-3-1;2-1-3;;;/h1-13H;3*1-5H;1H2;;;/q-3;3*-1;;3*+2. The summed E-state index contributed by atoms with van der Waals surface area (Å²) in [6.07, 6.45) is 0. The second-order valence-corrected chi connectivity index (χ2v) is 10.9. The molecule has 0 saturated heterocycles. The molecule has 0 atom stereocenters. The Morgan fingerprint density at radius 1 is 0.455 bits per heavy atom. The molecule has 44 heavy (non-hydrogen) atoms. The Balaban J connectivity index is 0.000000719. The van der Waals surface area contributed by atoms with E-state index in [1.54, 1.807) is 0 Å². The van der Waals surface area contributed by atoms with Crippen molar-refractivity contribution in [1.82, 2.24) is 0 Å². The second-order valence-electron chi connectivity index (χ2n) is 8.48. The SMILES string of the molecule is Brc1c(-[c-]2cccc2)cc(-[c-]2cccc2)c(-[c-]2cccc2)c1Br.ClCCl.[Fe+2].[Fe+2].[Fe+2].c1cc[cH-]c1.c1cc[cH-]c1.c1cc[cH-]c1. The van der Waals surface area contributed by atoms with E-state index < -0.39 is 0 Å². The predicted molar refractivity (Wildman–Crippen MR) is 188 cm³/mol. The van der Waals surface area contributed by atoms with E-state index in [0.717, 1.165) is 8.95 Å². The summed E-state index contributed by atoms with van der Waals surface area (Å²) in [7, 11) is 0. The van der Waals surface area contributed by atoms with Crippen molar-refractivity contribution in [3.63, 3.8) is 0 Å². The maximum absolute atomic E-state index is 4.76. The molecule has 0 bridgehead atoms. The first kappa shape index (κ1) is 42.4. The van der Waals surface area contributed by atoms with Crippen LogP contribution < -0.4 is 0 Å². The molecule has 7 aromatic carbocycles. The van der Waals surface area contributed by atoms with E-state index in [0.29, 0.717) is 0 Å². The van der Waals surface area contributed by atoms with Crippen LogP contribution in [-0.4, -0.2) is 5.34 Å². The van der Waals surface area contributed by atoms with Gasteiger partial charge in [-0.25, -0.2) is 36.4 Å². The van der Waals surface area contributed by atoms with Crippen molar-refractivity contribution in [3.05, 3.63) is 179 Å². The zero-order chi connectivity index (χ0) is 29.1. The summed E-state index contributed by atoms with van der Waals surface area (Å²) in [4.78, 5) is 0. The van der Waals surface area contributed by atoms with Crippen molar-refractivity contribution >= 4 is 55.1 Å². The van der Waals surface area contributed by atoms with Gasteiger partial charge in [-0.15, -0.1) is 108 Å². The minimum Gasteiger partial charge on any atom is -0.214 e. The summed E-state index contributed by atoms with van der Waals surface area (Å²) in [6.45, 7) is 0. The summed E-state index contributed by atoms with van der Waals surface area (Å²) >= 11 is 17.1. The van der Waals surface area contributed by atoms with Gasteiger partial charge in [-0.05, 0) is 0 Å². The third-order valence-electron chi connectivity index (χ3n) is 5.77. The molecule has 0 nitrogen and oxygen atoms in total. The fraction of sp³-hybridized carbons (Fsp3) is 0.0270. The van der Waals surface area contributed by atoms with E-state index in [9.17, 15) is 0 Å². The Labute approximate surface area is 320 Å². The molecule has 0 aromatic heterocycles. The number of hydrogen-bond acceptors (Lipinski definition) is 0. The van der Waals surface area contributed by atoms with Crippen LogP contribution in [-0.2, 0) is 51.2 Å². The Morgan fingerprint density at radius 2 is 0.750 bits per heavy atom. The topological polar surface area (TPSA) is 0 Å². The molecule has 230 valence electrons. The molecule has 0 N–H and O–H groups in total. The number of hydrogen-bond donors (Lipinski definition) is 0. The first-order chi connectivity index (χ1) is 20.2. The number of benzene rings is 1. The van der Waals surface area contributed by atoms with Crippen LogP contribution in [0.3, 0.4) is 0 Å². The Hall–Kier alpha value is -1.58. The van der Waals surface area contributed by atoms with Crippen molar-refractivity contribution < 1.29 is 51.2 Å². The van der Waals surface area contributed by atoms with E-state index >= 15 is 0 Å². The number of alkyl halides is 2. The molecule has 0 heterocycles. The molecule has 7 aromatic rings. The maximum Gasteiger partial charge on any atom is 2.00 e. The summed E-state index contributed by atoms with van der Waals surface area (Å²) < 4.78 is 2.19. The Bertz CT molecular complexity index is 1400. The molecular formula is C37H30Br2Cl2Fe3. The smallest absolute Gasteiger partial charge is 0.214 e. The average Bonchev–Trinajstić information content (AvgIpc) is 3.88. The van der Waals surface area contributed by atoms with Gasteiger partial charge in [0.1, 0.15) is 0 Å². The fourth-order valence-electron chi connectivity index (χ4n) is 3.96. The first-order valence-corrected chi connectivity index (χ1v) is 15.6. The van der Waals surface area contributed by atoms with Gasteiger partial charge in [-0.1, -0.05) is 14.5 Å². The molecular weight excluding hydrogens is 843 g/mol. The van der Waals surface area contributed by atoms with Gasteiger partial charge >= 0.3 is 51.2 Å². The van der Waals surface area contributed by atoms with E-state index in [-0.39, 0.29) is 56.5 Å². The van der Waals surface area contributed by atoms with Crippen molar-refractivity contribution in [2.75, 3.05) is 5.34 Å². The normalized spacial score (nSPS) is 8.91. The molecule has 0 aliphatic carbocycles. The summed E-state index contributed by atoms with van der Waals surface area (Å²) in [5, 5.41) is 0.194. The molecule has 0 unspecified atom stereocenters. The van der Waals surface area contributed by atoms with Gasteiger partial charge in [-0.3, -0.25) is 0 Å². The Morgan fingerprint density at radius 3 is 1.05 bits per heavy atom. The van der Waals surface area contributed by atoms with Crippen LogP contribution >= 0.6 is 55.1 Å². The van der Waals surface area contributed by atoms with Crippen LogP contribution in [0.15, 0.2) is 179 Å². The van der Waals surface area contributed by atoms with E-state index in [1.807, 2.05) is 91.0 Å².